The fourth-order valence-corrected chi connectivity index (χ4v) is 4.09. The average molecular weight is 326 g/mol. The van der Waals surface area contributed by atoms with Crippen molar-refractivity contribution in [1.82, 2.24) is 4.98 Å². The van der Waals surface area contributed by atoms with Crippen LogP contribution in [0.25, 0.3) is 21.7 Å². The minimum Gasteiger partial charge on any atom is -0.251 e. The van der Waals surface area contributed by atoms with Crippen LogP contribution in [0.2, 0.25) is 0 Å². The molecule has 0 saturated carbocycles. The van der Waals surface area contributed by atoms with Crippen LogP contribution in [0.4, 0.5) is 0 Å². The number of aromatic nitrogens is 1. The van der Waals surface area contributed by atoms with Gasteiger partial charge in [-0.2, -0.15) is 0 Å². The van der Waals surface area contributed by atoms with Gasteiger partial charge in [0.15, 0.2) is 0 Å². The van der Waals surface area contributed by atoms with Crippen molar-refractivity contribution in [2.45, 2.75) is 31.0 Å². The Morgan fingerprint density at radius 2 is 1.95 bits per heavy atom. The Balaban J connectivity index is 2.17. The molecule has 0 bridgehead atoms. The van der Waals surface area contributed by atoms with Gasteiger partial charge in [-0.05, 0) is 42.7 Å². The highest BCUT2D eigenvalue weighted by Gasteiger charge is 2.22. The first kappa shape index (κ1) is 12.3. The maximum Gasteiger partial charge on any atom is 0.0786 e. The van der Waals surface area contributed by atoms with Gasteiger partial charge in [0.1, 0.15) is 0 Å². The molecule has 1 nitrogen and oxygen atoms in total. The SMILES string of the molecule is Cc1c2c(nc3c1ccc1ccccc13)C(Br)CCC2. The number of hydrogen-bond acceptors (Lipinski definition) is 1. The van der Waals surface area contributed by atoms with Gasteiger partial charge in [-0.25, -0.2) is 0 Å². The maximum absolute atomic E-state index is 5.04. The van der Waals surface area contributed by atoms with Crippen molar-refractivity contribution in [2.75, 3.05) is 0 Å². The van der Waals surface area contributed by atoms with Crippen molar-refractivity contribution in [3.05, 3.63) is 53.2 Å². The number of fused-ring (bicyclic) bond motifs is 4. The predicted octanol–water partition coefficient (Wildman–Crippen LogP) is 5.47. The van der Waals surface area contributed by atoms with E-state index in [0.717, 1.165) is 5.52 Å². The smallest absolute Gasteiger partial charge is 0.0786 e. The number of rotatable bonds is 0. The van der Waals surface area contributed by atoms with Gasteiger partial charge in [-0.1, -0.05) is 52.3 Å². The van der Waals surface area contributed by atoms with E-state index in [4.69, 9.17) is 4.98 Å². The van der Waals surface area contributed by atoms with E-state index >= 15 is 0 Å². The van der Waals surface area contributed by atoms with Crippen LogP contribution in [0.3, 0.4) is 0 Å². The second-order valence-corrected chi connectivity index (χ2v) is 6.75. The number of nitrogens with zero attached hydrogens (tertiary/aromatic N) is 1. The zero-order valence-electron chi connectivity index (χ0n) is 11.5. The number of aryl methyl sites for hydroxylation is 1. The number of hydrogen-bond donors (Lipinski definition) is 0. The zero-order valence-corrected chi connectivity index (χ0v) is 13.1. The number of pyridine rings is 1. The molecule has 2 aromatic carbocycles. The van der Waals surface area contributed by atoms with Crippen LogP contribution in [0.15, 0.2) is 36.4 Å². The third-order valence-electron chi connectivity index (χ3n) is 4.48. The molecule has 1 atom stereocenters. The quantitative estimate of drug-likeness (QED) is 0.394. The van der Waals surface area contributed by atoms with Crippen LogP contribution in [-0.4, -0.2) is 4.98 Å². The van der Waals surface area contributed by atoms with E-state index in [1.54, 1.807) is 0 Å². The van der Waals surface area contributed by atoms with Gasteiger partial charge in [0, 0.05) is 10.8 Å². The molecule has 0 aliphatic heterocycles. The Morgan fingerprint density at radius 3 is 2.85 bits per heavy atom. The molecule has 1 aliphatic rings. The van der Waals surface area contributed by atoms with Crippen molar-refractivity contribution in [1.29, 1.82) is 0 Å². The maximum atomic E-state index is 5.04. The largest absolute Gasteiger partial charge is 0.251 e. The summed E-state index contributed by atoms with van der Waals surface area (Å²) in [4.78, 5) is 5.45. The van der Waals surface area contributed by atoms with Gasteiger partial charge >= 0.3 is 0 Å². The van der Waals surface area contributed by atoms with E-state index in [2.05, 4.69) is 59.3 Å². The highest BCUT2D eigenvalue weighted by molar-refractivity contribution is 9.09. The second-order valence-electron chi connectivity index (χ2n) is 5.64. The molecule has 0 fully saturated rings. The van der Waals surface area contributed by atoms with Gasteiger partial charge in [0.2, 0.25) is 0 Å². The second kappa shape index (κ2) is 4.56. The summed E-state index contributed by atoms with van der Waals surface area (Å²) >= 11 is 3.81. The van der Waals surface area contributed by atoms with Crippen molar-refractivity contribution in [3.63, 3.8) is 0 Å². The van der Waals surface area contributed by atoms with E-state index in [0.29, 0.717) is 4.83 Å². The molecule has 0 amide bonds. The van der Waals surface area contributed by atoms with Crippen molar-refractivity contribution >= 4 is 37.6 Å². The van der Waals surface area contributed by atoms with Gasteiger partial charge in [0.25, 0.3) is 0 Å². The molecule has 0 radical (unpaired) electrons. The predicted molar refractivity (Wildman–Crippen MR) is 88.6 cm³/mol. The number of benzene rings is 2. The third-order valence-corrected chi connectivity index (χ3v) is 5.37. The molecule has 100 valence electrons. The minimum absolute atomic E-state index is 0.410. The van der Waals surface area contributed by atoms with Crippen LogP contribution < -0.4 is 0 Å². The molecule has 1 aromatic heterocycles. The lowest BCUT2D eigenvalue weighted by molar-refractivity contribution is 0.663. The fraction of sp³-hybridized carbons (Fsp3) is 0.278. The van der Waals surface area contributed by atoms with Gasteiger partial charge in [-0.15, -0.1) is 0 Å². The molecule has 3 aromatic rings. The van der Waals surface area contributed by atoms with Crippen LogP contribution in [0.5, 0.6) is 0 Å². The van der Waals surface area contributed by atoms with Crippen LogP contribution in [-0.2, 0) is 6.42 Å². The molecule has 0 saturated heterocycles. The molecule has 1 unspecified atom stereocenters. The van der Waals surface area contributed by atoms with Crippen molar-refractivity contribution < 1.29 is 0 Å². The Bertz CT molecular complexity index is 822. The van der Waals surface area contributed by atoms with E-state index in [-0.39, 0.29) is 0 Å². The minimum atomic E-state index is 0.410. The molecule has 2 heteroatoms. The molecule has 4 rings (SSSR count). The molecule has 0 spiro atoms. The average Bonchev–Trinajstić information content (AvgIpc) is 2.48. The lowest BCUT2D eigenvalue weighted by atomic mass is 9.89. The first-order chi connectivity index (χ1) is 9.75. The summed E-state index contributed by atoms with van der Waals surface area (Å²) in [6.45, 7) is 2.25. The van der Waals surface area contributed by atoms with E-state index in [1.165, 1.54) is 52.2 Å². The zero-order chi connectivity index (χ0) is 13.7. The summed E-state index contributed by atoms with van der Waals surface area (Å²) in [5.74, 6) is 0. The van der Waals surface area contributed by atoms with Crippen molar-refractivity contribution in [3.8, 4) is 0 Å². The van der Waals surface area contributed by atoms with Gasteiger partial charge < -0.3 is 0 Å². The fourth-order valence-electron chi connectivity index (χ4n) is 3.39. The highest BCUT2D eigenvalue weighted by atomic mass is 79.9. The summed E-state index contributed by atoms with van der Waals surface area (Å²) in [6.07, 6.45) is 3.61. The Hall–Kier alpha value is -1.41. The lowest BCUT2D eigenvalue weighted by Crippen LogP contribution is -2.10. The molecule has 1 heterocycles. The Kier molecular flexibility index (Phi) is 2.81. The topological polar surface area (TPSA) is 12.9 Å². The first-order valence-electron chi connectivity index (χ1n) is 7.20. The van der Waals surface area contributed by atoms with Crippen LogP contribution in [0.1, 0.15) is 34.5 Å². The molecular formula is C18H16BrN. The summed E-state index contributed by atoms with van der Waals surface area (Å²) < 4.78 is 0. The third kappa shape index (κ3) is 1.71. The van der Waals surface area contributed by atoms with Gasteiger partial charge in [0.05, 0.1) is 16.0 Å². The van der Waals surface area contributed by atoms with E-state index < -0.39 is 0 Å². The van der Waals surface area contributed by atoms with E-state index in [9.17, 15) is 0 Å². The first-order valence-corrected chi connectivity index (χ1v) is 8.12. The van der Waals surface area contributed by atoms with Gasteiger partial charge in [-0.3, -0.25) is 4.98 Å². The number of halogens is 1. The lowest BCUT2D eigenvalue weighted by Gasteiger charge is -2.23. The normalized spacial score (nSPS) is 18.4. The standard InChI is InChI=1S/C18H16BrN/c1-11-13-7-4-8-16(19)18(13)20-17-14(11)10-9-12-5-2-3-6-15(12)17/h2-3,5-6,9-10,16H,4,7-8H2,1H3. The summed E-state index contributed by atoms with van der Waals surface area (Å²) in [5.41, 5.74) is 5.30. The summed E-state index contributed by atoms with van der Waals surface area (Å²) in [6, 6.07) is 13.0. The molecule has 20 heavy (non-hydrogen) atoms. The van der Waals surface area contributed by atoms with Crippen molar-refractivity contribution in [2.24, 2.45) is 0 Å². The highest BCUT2D eigenvalue weighted by Crippen LogP contribution is 2.39. The summed E-state index contributed by atoms with van der Waals surface area (Å²) in [7, 11) is 0. The van der Waals surface area contributed by atoms with Crippen LogP contribution >= 0.6 is 15.9 Å². The molecular weight excluding hydrogens is 310 g/mol. The molecule has 1 aliphatic carbocycles. The molecule has 0 N–H and O–H groups in total. The Morgan fingerprint density at radius 1 is 1.10 bits per heavy atom. The number of alkyl halides is 1. The Labute approximate surface area is 127 Å². The van der Waals surface area contributed by atoms with Crippen LogP contribution in [0, 0.1) is 6.92 Å². The monoisotopic (exact) mass is 325 g/mol. The summed E-state index contributed by atoms with van der Waals surface area (Å²) in [5, 5.41) is 3.85. The van der Waals surface area contributed by atoms with E-state index in [1.807, 2.05) is 0 Å².